The van der Waals surface area contributed by atoms with E-state index in [4.69, 9.17) is 5.73 Å². The van der Waals surface area contributed by atoms with E-state index >= 15 is 0 Å². The summed E-state index contributed by atoms with van der Waals surface area (Å²) in [6.07, 6.45) is 4.28. The van der Waals surface area contributed by atoms with E-state index in [1.54, 1.807) is 13.1 Å². The molecule has 3 N–H and O–H groups in total. The summed E-state index contributed by atoms with van der Waals surface area (Å²) in [7, 11) is 1.69. The zero-order valence-corrected chi connectivity index (χ0v) is 7.27. The van der Waals surface area contributed by atoms with Gasteiger partial charge in [-0.3, -0.25) is 10.1 Å². The molecule has 0 aliphatic rings. The summed E-state index contributed by atoms with van der Waals surface area (Å²) in [4.78, 5) is 14.9. The van der Waals surface area contributed by atoms with Gasteiger partial charge in [-0.2, -0.15) is 10.1 Å². The fraction of sp³-hybridized carbons (Fsp3) is 0.286. The van der Waals surface area contributed by atoms with Gasteiger partial charge >= 0.3 is 0 Å². The molecule has 6 nitrogen and oxygen atoms in total. The van der Waals surface area contributed by atoms with Crippen LogP contribution in [-0.4, -0.2) is 27.2 Å². The van der Waals surface area contributed by atoms with Crippen molar-refractivity contribution in [1.29, 1.82) is 0 Å². The SMILES string of the molecule is Cn1ncnc1NC(=O)/C=C/CN. The fourth-order valence-electron chi connectivity index (χ4n) is 0.736. The minimum Gasteiger partial charge on any atom is -0.327 e. The average molecular weight is 181 g/mol. The number of hydrogen-bond acceptors (Lipinski definition) is 4. The lowest BCUT2D eigenvalue weighted by molar-refractivity contribution is -0.112. The average Bonchev–Trinajstić information content (AvgIpc) is 2.48. The van der Waals surface area contributed by atoms with Gasteiger partial charge in [0.2, 0.25) is 11.9 Å². The zero-order chi connectivity index (χ0) is 9.68. The molecule has 13 heavy (non-hydrogen) atoms. The summed E-state index contributed by atoms with van der Waals surface area (Å²) in [5.74, 6) is 0.147. The number of nitrogens with zero attached hydrogens (tertiary/aromatic N) is 3. The number of carbonyl (C=O) groups excluding carboxylic acids is 1. The van der Waals surface area contributed by atoms with Crippen molar-refractivity contribution in [2.75, 3.05) is 11.9 Å². The van der Waals surface area contributed by atoms with Crippen LogP contribution in [0.15, 0.2) is 18.5 Å². The molecule has 1 aromatic rings. The lowest BCUT2D eigenvalue weighted by Gasteiger charge is -1.98. The molecule has 0 atom stereocenters. The second-order valence-electron chi connectivity index (χ2n) is 2.33. The summed E-state index contributed by atoms with van der Waals surface area (Å²) in [6, 6.07) is 0. The first-order valence-electron chi connectivity index (χ1n) is 3.75. The van der Waals surface area contributed by atoms with E-state index < -0.39 is 0 Å². The number of amides is 1. The second kappa shape index (κ2) is 4.36. The van der Waals surface area contributed by atoms with E-state index in [0.29, 0.717) is 12.5 Å². The fourth-order valence-corrected chi connectivity index (χ4v) is 0.736. The molecule has 0 aliphatic heterocycles. The number of hydrogen-bond donors (Lipinski definition) is 2. The van der Waals surface area contributed by atoms with Crippen LogP contribution < -0.4 is 11.1 Å². The minimum absolute atomic E-state index is 0.262. The summed E-state index contributed by atoms with van der Waals surface area (Å²) >= 11 is 0. The predicted molar refractivity (Wildman–Crippen MR) is 47.8 cm³/mol. The van der Waals surface area contributed by atoms with E-state index in [1.807, 2.05) is 0 Å². The minimum atomic E-state index is -0.262. The Morgan fingerprint density at radius 2 is 2.62 bits per heavy atom. The van der Waals surface area contributed by atoms with Crippen LogP contribution in [0.4, 0.5) is 5.95 Å². The van der Waals surface area contributed by atoms with Crippen LogP contribution in [0.3, 0.4) is 0 Å². The first-order chi connectivity index (χ1) is 6.24. The molecule has 0 bridgehead atoms. The monoisotopic (exact) mass is 181 g/mol. The van der Waals surface area contributed by atoms with Crippen molar-refractivity contribution in [2.24, 2.45) is 12.8 Å². The quantitative estimate of drug-likeness (QED) is 0.602. The highest BCUT2D eigenvalue weighted by molar-refractivity contribution is 5.98. The van der Waals surface area contributed by atoms with Gasteiger partial charge < -0.3 is 5.73 Å². The van der Waals surface area contributed by atoms with Crippen LogP contribution in [0.25, 0.3) is 0 Å². The molecule has 0 radical (unpaired) electrons. The van der Waals surface area contributed by atoms with Gasteiger partial charge in [0.25, 0.3) is 0 Å². The van der Waals surface area contributed by atoms with E-state index in [2.05, 4.69) is 15.4 Å². The van der Waals surface area contributed by atoms with E-state index in [9.17, 15) is 4.79 Å². The number of anilines is 1. The molecule has 1 aromatic heterocycles. The van der Waals surface area contributed by atoms with Gasteiger partial charge in [-0.25, -0.2) is 4.68 Å². The van der Waals surface area contributed by atoms with E-state index in [1.165, 1.54) is 17.1 Å². The van der Waals surface area contributed by atoms with Gasteiger partial charge in [0.15, 0.2) is 0 Å². The molecule has 0 saturated heterocycles. The summed E-state index contributed by atoms with van der Waals surface area (Å²) in [5.41, 5.74) is 5.18. The van der Waals surface area contributed by atoms with Crippen LogP contribution in [0.5, 0.6) is 0 Å². The van der Waals surface area contributed by atoms with Gasteiger partial charge in [0, 0.05) is 19.7 Å². The van der Waals surface area contributed by atoms with Crippen molar-refractivity contribution in [2.45, 2.75) is 0 Å². The number of nitrogens with one attached hydrogen (secondary N) is 1. The summed E-state index contributed by atoms with van der Waals surface area (Å²) < 4.78 is 1.47. The molecule has 0 aliphatic carbocycles. The van der Waals surface area contributed by atoms with Crippen molar-refractivity contribution >= 4 is 11.9 Å². The molecule has 0 unspecified atom stereocenters. The largest absolute Gasteiger partial charge is 0.327 e. The smallest absolute Gasteiger partial charge is 0.250 e. The molecule has 1 amide bonds. The molecule has 6 heteroatoms. The number of nitrogens with two attached hydrogens (primary N) is 1. The molecule has 1 rings (SSSR count). The lowest BCUT2D eigenvalue weighted by Crippen LogP contribution is -2.12. The Kier molecular flexibility index (Phi) is 3.15. The Balaban J connectivity index is 2.55. The third kappa shape index (κ3) is 2.68. The van der Waals surface area contributed by atoms with Crippen LogP contribution in [0, 0.1) is 0 Å². The Hall–Kier alpha value is -1.69. The number of rotatable bonds is 3. The Morgan fingerprint density at radius 3 is 3.15 bits per heavy atom. The van der Waals surface area contributed by atoms with Crippen molar-refractivity contribution in [3.8, 4) is 0 Å². The molecule has 70 valence electrons. The highest BCUT2D eigenvalue weighted by Gasteiger charge is 2.01. The second-order valence-corrected chi connectivity index (χ2v) is 2.33. The highest BCUT2D eigenvalue weighted by Crippen LogP contribution is 1.96. The Labute approximate surface area is 75.4 Å². The van der Waals surface area contributed by atoms with Crippen molar-refractivity contribution in [3.05, 3.63) is 18.5 Å². The van der Waals surface area contributed by atoms with Gasteiger partial charge in [0.05, 0.1) is 0 Å². The first kappa shape index (κ1) is 9.40. The molecular weight excluding hydrogens is 170 g/mol. The molecule has 0 aromatic carbocycles. The van der Waals surface area contributed by atoms with Gasteiger partial charge in [-0.1, -0.05) is 6.08 Å². The zero-order valence-electron chi connectivity index (χ0n) is 7.27. The lowest BCUT2D eigenvalue weighted by atomic mass is 10.5. The number of carbonyl (C=O) groups is 1. The standard InChI is InChI=1S/C7H11N5O/c1-12-7(9-5-10-12)11-6(13)3-2-4-8/h2-3,5H,4,8H2,1H3,(H,9,10,11,13)/b3-2+. The van der Waals surface area contributed by atoms with Crippen LogP contribution in [-0.2, 0) is 11.8 Å². The maximum absolute atomic E-state index is 11.1. The van der Waals surface area contributed by atoms with Crippen molar-refractivity contribution in [1.82, 2.24) is 14.8 Å². The molecule has 1 heterocycles. The maximum atomic E-state index is 11.1. The van der Waals surface area contributed by atoms with Crippen LogP contribution in [0.2, 0.25) is 0 Å². The number of aryl methyl sites for hydroxylation is 1. The van der Waals surface area contributed by atoms with Gasteiger partial charge in [-0.05, 0) is 0 Å². The Morgan fingerprint density at radius 1 is 1.85 bits per heavy atom. The van der Waals surface area contributed by atoms with E-state index in [-0.39, 0.29) is 5.91 Å². The third-order valence-electron chi connectivity index (χ3n) is 1.35. The number of aromatic nitrogens is 3. The first-order valence-corrected chi connectivity index (χ1v) is 3.75. The topological polar surface area (TPSA) is 85.8 Å². The van der Waals surface area contributed by atoms with Gasteiger partial charge in [0.1, 0.15) is 6.33 Å². The summed E-state index contributed by atoms with van der Waals surface area (Å²) in [5, 5.41) is 6.33. The predicted octanol–water partition coefficient (Wildman–Crippen LogP) is -0.732. The van der Waals surface area contributed by atoms with Crippen LogP contribution in [0.1, 0.15) is 0 Å². The van der Waals surface area contributed by atoms with Crippen molar-refractivity contribution in [3.63, 3.8) is 0 Å². The summed E-state index contributed by atoms with van der Waals surface area (Å²) in [6.45, 7) is 0.340. The molecular formula is C7H11N5O. The van der Waals surface area contributed by atoms with Crippen molar-refractivity contribution < 1.29 is 4.79 Å². The van der Waals surface area contributed by atoms with Crippen LogP contribution >= 0.6 is 0 Å². The normalized spacial score (nSPS) is 10.6. The Bertz CT molecular complexity index is 316. The molecule has 0 saturated carbocycles. The molecule has 0 spiro atoms. The van der Waals surface area contributed by atoms with Gasteiger partial charge in [-0.15, -0.1) is 0 Å². The highest BCUT2D eigenvalue weighted by atomic mass is 16.1. The third-order valence-corrected chi connectivity index (χ3v) is 1.35. The van der Waals surface area contributed by atoms with E-state index in [0.717, 1.165) is 0 Å². The molecule has 0 fully saturated rings. The maximum Gasteiger partial charge on any atom is 0.250 e.